The summed E-state index contributed by atoms with van der Waals surface area (Å²) in [4.78, 5) is -0.219. The average molecular weight is 429 g/mol. The summed E-state index contributed by atoms with van der Waals surface area (Å²) in [5.41, 5.74) is 0.763. The van der Waals surface area contributed by atoms with E-state index in [4.69, 9.17) is 4.74 Å². The quantitative estimate of drug-likeness (QED) is 0.319. The summed E-state index contributed by atoms with van der Waals surface area (Å²) < 4.78 is 38.2. The molecule has 0 spiro atoms. The second kappa shape index (κ2) is 13.3. The minimum Gasteiger partial charge on any atom is -0.870 e. The van der Waals surface area contributed by atoms with Gasteiger partial charge in [0, 0.05) is 6.07 Å². The van der Waals surface area contributed by atoms with Gasteiger partial charge >= 0.3 is 29.6 Å². The second-order valence-electron chi connectivity index (χ2n) is 7.06. The minimum absolute atomic E-state index is 0. The molecule has 5 nitrogen and oxygen atoms in total. The molecule has 0 aromatic heterocycles. The van der Waals surface area contributed by atoms with Crippen LogP contribution in [0.1, 0.15) is 63.9 Å². The van der Waals surface area contributed by atoms with Crippen LogP contribution in [0.15, 0.2) is 47.4 Å². The van der Waals surface area contributed by atoms with Crippen LogP contribution in [-0.2, 0) is 16.5 Å². The Bertz CT molecular complexity index is 852. The van der Waals surface area contributed by atoms with Crippen molar-refractivity contribution in [1.82, 2.24) is 0 Å². The molecule has 0 bridgehead atoms. The molecule has 1 N–H and O–H groups in total. The van der Waals surface area contributed by atoms with Crippen LogP contribution in [0, 0.1) is 0 Å². The number of ether oxygens (including phenoxy) is 1. The van der Waals surface area contributed by atoms with E-state index in [0.717, 1.165) is 24.8 Å². The van der Waals surface area contributed by atoms with E-state index in [2.05, 4.69) is 6.92 Å². The number of para-hydroxylation sites is 2. The van der Waals surface area contributed by atoms with Crippen LogP contribution in [-0.4, -0.2) is 13.0 Å². The Balaban J connectivity index is 0.00000420. The molecule has 0 heterocycles. The van der Waals surface area contributed by atoms with E-state index in [9.17, 15) is 18.1 Å². The smallest absolute Gasteiger partial charge is 0.870 e. The molecule has 0 unspecified atom stereocenters. The third kappa shape index (κ3) is 9.53. The topological polar surface area (TPSA) is 86.7 Å². The summed E-state index contributed by atoms with van der Waals surface area (Å²) in [6, 6.07) is 10.6. The first-order valence-electron chi connectivity index (χ1n) is 9.95. The molecular formula is C22H29NaO5S. The molecule has 0 aliphatic heterocycles. The minimum atomic E-state index is -4.36. The van der Waals surface area contributed by atoms with E-state index in [1.807, 2.05) is 0 Å². The Labute approximate surface area is 196 Å². The summed E-state index contributed by atoms with van der Waals surface area (Å²) in [5.74, 6) is 0.0605. The molecule has 0 radical (unpaired) electrons. The fourth-order valence-corrected chi connectivity index (χ4v) is 3.67. The number of hydrogen-bond donors (Lipinski definition) is 1. The zero-order valence-corrected chi connectivity index (χ0v) is 20.2. The summed E-state index contributed by atoms with van der Waals surface area (Å²) in [7, 11) is -4.36. The van der Waals surface area contributed by atoms with Crippen LogP contribution in [0.25, 0.3) is 0 Å². The Morgan fingerprint density at radius 2 is 1.55 bits per heavy atom. The van der Waals surface area contributed by atoms with Gasteiger partial charge in [-0.15, -0.1) is 0 Å². The maximum absolute atomic E-state index is 11.8. The first kappa shape index (κ1) is 26.0. The van der Waals surface area contributed by atoms with Gasteiger partial charge in [0.1, 0.15) is 11.5 Å². The van der Waals surface area contributed by atoms with Crippen LogP contribution in [0.5, 0.6) is 17.2 Å². The van der Waals surface area contributed by atoms with Crippen molar-refractivity contribution in [2.75, 3.05) is 0 Å². The fraction of sp³-hybridized carbons (Fsp3) is 0.455. The summed E-state index contributed by atoms with van der Waals surface area (Å²) >= 11 is 0. The largest absolute Gasteiger partial charge is 1.00 e. The molecule has 0 aliphatic carbocycles. The van der Waals surface area contributed by atoms with Crippen molar-refractivity contribution in [3.8, 4) is 17.2 Å². The molecule has 29 heavy (non-hydrogen) atoms. The van der Waals surface area contributed by atoms with Crippen molar-refractivity contribution in [1.29, 1.82) is 0 Å². The van der Waals surface area contributed by atoms with E-state index in [-0.39, 0.29) is 51.7 Å². The van der Waals surface area contributed by atoms with Crippen molar-refractivity contribution < 1.29 is 52.4 Å². The zero-order valence-electron chi connectivity index (χ0n) is 17.4. The van der Waals surface area contributed by atoms with Gasteiger partial charge in [-0.05, 0) is 36.6 Å². The van der Waals surface area contributed by atoms with Crippen LogP contribution >= 0.6 is 0 Å². The average Bonchev–Trinajstić information content (AvgIpc) is 2.65. The van der Waals surface area contributed by atoms with E-state index in [1.54, 1.807) is 18.2 Å². The van der Waals surface area contributed by atoms with Crippen LogP contribution in [0.3, 0.4) is 0 Å². The Morgan fingerprint density at radius 3 is 2.17 bits per heavy atom. The predicted octanol–water partition coefficient (Wildman–Crippen LogP) is 2.49. The van der Waals surface area contributed by atoms with Crippen molar-refractivity contribution >= 4 is 10.1 Å². The van der Waals surface area contributed by atoms with E-state index < -0.39 is 10.1 Å². The SMILES string of the molecule is CCCCCCCCCCc1cc(Oc2ccccc2[O-])cc(S(=O)(=O)O)c1.[Na+]. The summed E-state index contributed by atoms with van der Waals surface area (Å²) in [5, 5.41) is 11.8. The molecule has 7 heteroatoms. The predicted molar refractivity (Wildman–Crippen MR) is 109 cm³/mol. The van der Waals surface area contributed by atoms with E-state index in [1.165, 1.54) is 56.4 Å². The number of benzene rings is 2. The Hall–Kier alpha value is -1.05. The van der Waals surface area contributed by atoms with Gasteiger partial charge in [0.25, 0.3) is 10.1 Å². The van der Waals surface area contributed by atoms with Gasteiger partial charge in [-0.3, -0.25) is 4.55 Å². The van der Waals surface area contributed by atoms with Crippen LogP contribution < -0.4 is 39.4 Å². The molecule has 0 saturated heterocycles. The number of aryl methyl sites for hydroxylation is 1. The van der Waals surface area contributed by atoms with Gasteiger partial charge in [0.2, 0.25) is 0 Å². The Morgan fingerprint density at radius 1 is 0.931 bits per heavy atom. The Kier molecular flexibility index (Phi) is 11.9. The molecule has 0 atom stereocenters. The van der Waals surface area contributed by atoms with E-state index in [0.29, 0.717) is 6.42 Å². The third-order valence-corrected chi connectivity index (χ3v) is 5.47. The normalized spacial score (nSPS) is 11.1. The fourth-order valence-electron chi connectivity index (χ4n) is 3.11. The zero-order chi connectivity index (χ0) is 20.4. The molecule has 154 valence electrons. The number of unbranched alkanes of at least 4 members (excludes halogenated alkanes) is 7. The van der Waals surface area contributed by atoms with Crippen molar-refractivity contribution in [2.24, 2.45) is 0 Å². The molecule has 2 rings (SSSR count). The first-order chi connectivity index (χ1) is 13.4. The molecule has 0 saturated carbocycles. The maximum Gasteiger partial charge on any atom is 1.00 e. The molecule has 0 amide bonds. The monoisotopic (exact) mass is 428 g/mol. The molecule has 0 aliphatic rings. The number of hydrogen-bond acceptors (Lipinski definition) is 4. The molecule has 2 aromatic rings. The van der Waals surface area contributed by atoms with Gasteiger partial charge in [-0.2, -0.15) is 8.42 Å². The summed E-state index contributed by atoms with van der Waals surface area (Å²) in [6.45, 7) is 2.20. The van der Waals surface area contributed by atoms with Gasteiger partial charge in [-0.1, -0.05) is 75.8 Å². The van der Waals surface area contributed by atoms with E-state index >= 15 is 0 Å². The van der Waals surface area contributed by atoms with Crippen molar-refractivity contribution in [3.05, 3.63) is 48.0 Å². The van der Waals surface area contributed by atoms with Crippen LogP contribution in [0.4, 0.5) is 0 Å². The summed E-state index contributed by atoms with van der Waals surface area (Å²) in [6.07, 6.45) is 10.2. The third-order valence-electron chi connectivity index (χ3n) is 4.63. The maximum atomic E-state index is 11.8. The molecule has 2 aromatic carbocycles. The number of rotatable bonds is 12. The van der Waals surface area contributed by atoms with Gasteiger partial charge < -0.3 is 9.84 Å². The van der Waals surface area contributed by atoms with Crippen LogP contribution in [0.2, 0.25) is 0 Å². The van der Waals surface area contributed by atoms with Gasteiger partial charge in [-0.25, -0.2) is 0 Å². The first-order valence-corrected chi connectivity index (χ1v) is 11.4. The molecule has 0 fully saturated rings. The molecular weight excluding hydrogens is 399 g/mol. The standard InChI is InChI=1S/C22H30O5S.Na/c1-2-3-4-5-6-7-8-9-12-18-15-19(17-20(16-18)28(24,25)26)27-22-14-11-10-13-21(22)23;/h10-11,13-17,23H,2-9,12H2,1H3,(H,24,25,26);/q;+1/p-1. The van der Waals surface area contributed by atoms with Crippen molar-refractivity contribution in [2.45, 2.75) is 69.6 Å². The van der Waals surface area contributed by atoms with Gasteiger partial charge in [0.05, 0.1) is 4.90 Å². The van der Waals surface area contributed by atoms with Crippen molar-refractivity contribution in [3.63, 3.8) is 0 Å². The second-order valence-corrected chi connectivity index (χ2v) is 8.48. The van der Waals surface area contributed by atoms with Gasteiger partial charge in [0.15, 0.2) is 0 Å².